The topological polar surface area (TPSA) is 95.5 Å². The highest BCUT2D eigenvalue weighted by Crippen LogP contribution is 2.35. The average molecular weight is 459 g/mol. The van der Waals surface area contributed by atoms with Crippen molar-refractivity contribution < 1.29 is 9.53 Å². The number of hydrazine groups is 1. The number of amides is 1. The minimum Gasteiger partial charge on any atom is -0.496 e. The number of para-hydroxylation sites is 1. The molecule has 0 aromatic heterocycles. The summed E-state index contributed by atoms with van der Waals surface area (Å²) in [5.74, 6) is 1.00. The van der Waals surface area contributed by atoms with E-state index in [2.05, 4.69) is 32.6 Å². The fraction of sp³-hybridized carbons (Fsp3) is 0.346. The molecule has 0 bridgehead atoms. The van der Waals surface area contributed by atoms with E-state index in [4.69, 9.17) is 10.5 Å². The standard InChI is InChI=1S/C26H30N6O2/c1-31(26(33)20-9-5-6-10-21(20)34-2)15-17-11-13-18(14-12-17)23-22-24(27)28-16-29-25(22)32(30-23)19-7-3-4-8-19/h5-6,9-14,16,19,25,30H,3-4,7-8,15H2,1-2H3,(H2,27,28,29). The summed E-state index contributed by atoms with van der Waals surface area (Å²) in [5, 5.41) is 2.24. The number of amidine groups is 1. The van der Waals surface area contributed by atoms with E-state index in [1.807, 2.05) is 24.3 Å². The Kier molecular flexibility index (Phi) is 6.06. The molecule has 5 rings (SSSR count). The highest BCUT2D eigenvalue weighted by atomic mass is 16.5. The minimum atomic E-state index is -0.139. The monoisotopic (exact) mass is 458 g/mol. The van der Waals surface area contributed by atoms with Crippen molar-refractivity contribution in [3.05, 3.63) is 70.8 Å². The van der Waals surface area contributed by atoms with Gasteiger partial charge in [0.25, 0.3) is 5.91 Å². The maximum absolute atomic E-state index is 12.9. The van der Waals surface area contributed by atoms with Gasteiger partial charge in [0.05, 0.1) is 23.9 Å². The summed E-state index contributed by atoms with van der Waals surface area (Å²) in [6.07, 6.45) is 6.21. The van der Waals surface area contributed by atoms with Gasteiger partial charge in [0.2, 0.25) is 0 Å². The van der Waals surface area contributed by atoms with Crippen molar-refractivity contribution in [3.8, 4) is 5.75 Å². The Labute approximate surface area is 199 Å². The van der Waals surface area contributed by atoms with Crippen molar-refractivity contribution in [2.24, 2.45) is 15.7 Å². The summed E-state index contributed by atoms with van der Waals surface area (Å²) in [6.45, 7) is 0.487. The van der Waals surface area contributed by atoms with Gasteiger partial charge >= 0.3 is 0 Å². The summed E-state index contributed by atoms with van der Waals surface area (Å²) in [7, 11) is 3.37. The third-order valence-electron chi connectivity index (χ3n) is 6.78. The molecule has 8 heteroatoms. The SMILES string of the molecule is COc1ccccc1C(=O)N(C)Cc1ccc(C2=C3C(N)=NC=NC3N(C3CCCC3)N2)cc1. The molecule has 0 saturated heterocycles. The number of nitrogens with zero attached hydrogens (tertiary/aromatic N) is 4. The van der Waals surface area contributed by atoms with Crippen molar-refractivity contribution in [2.75, 3.05) is 14.2 Å². The molecule has 0 spiro atoms. The number of carbonyl (C=O) groups is 1. The van der Waals surface area contributed by atoms with Crippen LogP contribution in [0.4, 0.5) is 0 Å². The molecule has 34 heavy (non-hydrogen) atoms. The van der Waals surface area contributed by atoms with Gasteiger partial charge in [0.1, 0.15) is 17.9 Å². The fourth-order valence-electron chi connectivity index (χ4n) is 5.00. The first kappa shape index (κ1) is 22.2. The van der Waals surface area contributed by atoms with Gasteiger partial charge < -0.3 is 20.8 Å². The van der Waals surface area contributed by atoms with E-state index < -0.39 is 0 Å². The summed E-state index contributed by atoms with van der Waals surface area (Å²) in [6, 6.07) is 15.9. The smallest absolute Gasteiger partial charge is 0.257 e. The first-order valence-electron chi connectivity index (χ1n) is 11.7. The molecule has 2 aromatic carbocycles. The van der Waals surface area contributed by atoms with Crippen LogP contribution in [-0.2, 0) is 6.54 Å². The molecule has 2 aromatic rings. The quantitative estimate of drug-likeness (QED) is 0.693. The average Bonchev–Trinajstić information content (AvgIpc) is 3.53. The first-order chi connectivity index (χ1) is 16.6. The number of benzene rings is 2. The van der Waals surface area contributed by atoms with Crippen molar-refractivity contribution in [1.29, 1.82) is 0 Å². The maximum atomic E-state index is 12.9. The predicted molar refractivity (Wildman–Crippen MR) is 133 cm³/mol. The summed E-state index contributed by atoms with van der Waals surface area (Å²) in [5.41, 5.74) is 14.4. The lowest BCUT2D eigenvalue weighted by atomic mass is 10.0. The molecular weight excluding hydrogens is 428 g/mol. The Balaban J connectivity index is 1.34. The molecule has 1 saturated carbocycles. The summed E-state index contributed by atoms with van der Waals surface area (Å²) in [4.78, 5) is 23.5. The Morgan fingerprint density at radius 2 is 1.91 bits per heavy atom. The lowest BCUT2D eigenvalue weighted by Crippen LogP contribution is -2.46. The number of carbonyl (C=O) groups excluding carboxylic acids is 1. The third kappa shape index (κ3) is 4.05. The van der Waals surface area contributed by atoms with Crippen LogP contribution in [0.3, 0.4) is 0 Å². The van der Waals surface area contributed by atoms with Crippen molar-refractivity contribution in [3.63, 3.8) is 0 Å². The second kappa shape index (κ2) is 9.30. The highest BCUT2D eigenvalue weighted by molar-refractivity contribution is 6.09. The maximum Gasteiger partial charge on any atom is 0.257 e. The van der Waals surface area contributed by atoms with E-state index in [-0.39, 0.29) is 12.1 Å². The number of rotatable bonds is 6. The molecular formula is C26H30N6O2. The Hall–Kier alpha value is -3.65. The lowest BCUT2D eigenvalue weighted by Gasteiger charge is -2.29. The molecule has 8 nitrogen and oxygen atoms in total. The number of hydrogen-bond acceptors (Lipinski definition) is 7. The van der Waals surface area contributed by atoms with Gasteiger partial charge in [-0.15, -0.1) is 0 Å². The number of methoxy groups -OCH3 is 1. The van der Waals surface area contributed by atoms with Gasteiger partial charge in [-0.1, -0.05) is 49.2 Å². The zero-order valence-electron chi connectivity index (χ0n) is 19.6. The molecule has 1 aliphatic carbocycles. The van der Waals surface area contributed by atoms with E-state index in [0.29, 0.717) is 29.7 Å². The van der Waals surface area contributed by atoms with Crippen molar-refractivity contribution in [1.82, 2.24) is 15.3 Å². The number of hydrogen-bond donors (Lipinski definition) is 2. The first-order valence-corrected chi connectivity index (χ1v) is 11.7. The van der Waals surface area contributed by atoms with Crippen LogP contribution in [0.2, 0.25) is 0 Å². The third-order valence-corrected chi connectivity index (χ3v) is 6.78. The molecule has 0 radical (unpaired) electrons. The van der Waals surface area contributed by atoms with Gasteiger partial charge in [-0.25, -0.2) is 9.98 Å². The number of ether oxygens (including phenoxy) is 1. The zero-order valence-corrected chi connectivity index (χ0v) is 19.6. The van der Waals surface area contributed by atoms with E-state index in [9.17, 15) is 4.79 Å². The van der Waals surface area contributed by atoms with Crippen LogP contribution in [0.1, 0.15) is 47.2 Å². The molecule has 176 valence electrons. The normalized spacial score (nSPS) is 20.2. The van der Waals surface area contributed by atoms with Crippen LogP contribution in [0.5, 0.6) is 5.75 Å². The van der Waals surface area contributed by atoms with Crippen LogP contribution >= 0.6 is 0 Å². The molecule has 1 amide bonds. The molecule has 1 unspecified atom stereocenters. The molecule has 2 aliphatic heterocycles. The van der Waals surface area contributed by atoms with Crippen molar-refractivity contribution in [2.45, 2.75) is 44.4 Å². The largest absolute Gasteiger partial charge is 0.496 e. The lowest BCUT2D eigenvalue weighted by molar-refractivity contribution is 0.0781. The molecule has 3 aliphatic rings. The van der Waals surface area contributed by atoms with E-state index in [1.54, 1.807) is 37.5 Å². The zero-order chi connectivity index (χ0) is 23.7. The van der Waals surface area contributed by atoms with Gasteiger partial charge in [0.15, 0.2) is 6.17 Å². The minimum absolute atomic E-state index is 0.0805. The molecule has 1 fully saturated rings. The van der Waals surface area contributed by atoms with E-state index >= 15 is 0 Å². The molecule has 1 atom stereocenters. The number of aliphatic imine (C=N–C) groups is 2. The van der Waals surface area contributed by atoms with Crippen LogP contribution in [0.15, 0.2) is 64.1 Å². The fourth-order valence-corrected chi connectivity index (χ4v) is 5.00. The van der Waals surface area contributed by atoms with Crippen LogP contribution in [0.25, 0.3) is 5.70 Å². The number of nitrogens with two attached hydrogens (primary N) is 1. The van der Waals surface area contributed by atoms with E-state index in [0.717, 1.165) is 35.2 Å². The molecule has 3 N–H and O–H groups in total. The van der Waals surface area contributed by atoms with Gasteiger partial charge in [0, 0.05) is 19.6 Å². The Morgan fingerprint density at radius 1 is 1.18 bits per heavy atom. The van der Waals surface area contributed by atoms with Crippen LogP contribution < -0.4 is 15.9 Å². The Morgan fingerprint density at radius 3 is 2.65 bits per heavy atom. The second-order valence-corrected chi connectivity index (χ2v) is 8.96. The summed E-state index contributed by atoms with van der Waals surface area (Å²) >= 11 is 0. The van der Waals surface area contributed by atoms with Gasteiger partial charge in [-0.05, 0) is 36.1 Å². The van der Waals surface area contributed by atoms with Gasteiger partial charge in [-0.2, -0.15) is 5.01 Å². The summed E-state index contributed by atoms with van der Waals surface area (Å²) < 4.78 is 5.34. The number of nitrogens with one attached hydrogen (secondary N) is 1. The van der Waals surface area contributed by atoms with Crippen LogP contribution in [0, 0.1) is 0 Å². The van der Waals surface area contributed by atoms with Crippen LogP contribution in [-0.4, -0.2) is 54.4 Å². The van der Waals surface area contributed by atoms with Gasteiger partial charge in [-0.3, -0.25) is 4.79 Å². The predicted octanol–water partition coefficient (Wildman–Crippen LogP) is 3.17. The second-order valence-electron chi connectivity index (χ2n) is 8.96. The van der Waals surface area contributed by atoms with Crippen molar-refractivity contribution >= 4 is 23.8 Å². The van der Waals surface area contributed by atoms with E-state index in [1.165, 1.54) is 12.8 Å². The Bertz CT molecular complexity index is 1160. The highest BCUT2D eigenvalue weighted by Gasteiger charge is 2.40. The molecule has 2 heterocycles. The number of fused-ring (bicyclic) bond motifs is 1.